The Balaban J connectivity index is 2.84. The second-order valence-corrected chi connectivity index (χ2v) is 4.45. The molecule has 1 rings (SSSR count). The fourth-order valence-corrected chi connectivity index (χ4v) is 1.25. The first-order valence-electron chi connectivity index (χ1n) is 5.25. The van der Waals surface area contributed by atoms with Crippen molar-refractivity contribution in [2.45, 2.75) is 33.2 Å². The quantitative estimate of drug-likeness (QED) is 0.788. The number of anilines is 1. The van der Waals surface area contributed by atoms with E-state index in [1.54, 1.807) is 6.33 Å². The fraction of sp³-hybridized carbons (Fsp3) is 0.636. The van der Waals surface area contributed by atoms with Crippen LogP contribution in [-0.4, -0.2) is 22.1 Å². The predicted octanol–water partition coefficient (Wildman–Crippen LogP) is 1.57. The van der Waals surface area contributed by atoms with E-state index in [4.69, 9.17) is 5.73 Å². The molecule has 0 spiro atoms. The molecule has 0 saturated heterocycles. The molecule has 0 saturated carbocycles. The molecule has 0 fully saturated rings. The highest BCUT2D eigenvalue weighted by Crippen LogP contribution is 2.20. The summed E-state index contributed by atoms with van der Waals surface area (Å²) < 4.78 is 0. The molecule has 4 heteroatoms. The van der Waals surface area contributed by atoms with Gasteiger partial charge in [0.25, 0.3) is 0 Å². The van der Waals surface area contributed by atoms with Crippen LogP contribution in [0.1, 0.15) is 26.5 Å². The summed E-state index contributed by atoms with van der Waals surface area (Å²) in [4.78, 5) is 8.24. The molecule has 0 aromatic carbocycles. The van der Waals surface area contributed by atoms with E-state index in [2.05, 4.69) is 36.1 Å². The Morgan fingerprint density at radius 3 is 2.60 bits per heavy atom. The predicted molar refractivity (Wildman–Crippen MR) is 62.7 cm³/mol. The van der Waals surface area contributed by atoms with Crippen LogP contribution in [0.2, 0.25) is 0 Å². The van der Waals surface area contributed by atoms with Crippen LogP contribution >= 0.6 is 0 Å². The van der Waals surface area contributed by atoms with Gasteiger partial charge in [-0.1, -0.05) is 13.8 Å². The SMILES string of the molecule is Cc1cc(NC(C)(CN)C(C)C)ncn1. The van der Waals surface area contributed by atoms with Crippen molar-refractivity contribution < 1.29 is 0 Å². The number of nitrogens with two attached hydrogens (primary N) is 1. The zero-order valence-corrected chi connectivity index (χ0v) is 9.91. The van der Waals surface area contributed by atoms with Gasteiger partial charge < -0.3 is 11.1 Å². The Hall–Kier alpha value is -1.16. The van der Waals surface area contributed by atoms with E-state index in [9.17, 15) is 0 Å². The summed E-state index contributed by atoms with van der Waals surface area (Å²) in [6.45, 7) is 8.92. The van der Waals surface area contributed by atoms with E-state index in [-0.39, 0.29) is 5.54 Å². The minimum Gasteiger partial charge on any atom is -0.363 e. The van der Waals surface area contributed by atoms with Crippen molar-refractivity contribution >= 4 is 5.82 Å². The van der Waals surface area contributed by atoms with Crippen LogP contribution in [0, 0.1) is 12.8 Å². The number of rotatable bonds is 4. The summed E-state index contributed by atoms with van der Waals surface area (Å²) in [6, 6.07) is 1.93. The monoisotopic (exact) mass is 208 g/mol. The Morgan fingerprint density at radius 2 is 2.13 bits per heavy atom. The Kier molecular flexibility index (Phi) is 3.63. The molecule has 1 aromatic heterocycles. The lowest BCUT2D eigenvalue weighted by molar-refractivity contribution is 0.381. The smallest absolute Gasteiger partial charge is 0.130 e. The molecule has 0 aliphatic heterocycles. The first kappa shape index (κ1) is 11.9. The van der Waals surface area contributed by atoms with Crippen LogP contribution in [0.25, 0.3) is 0 Å². The number of nitrogens with one attached hydrogen (secondary N) is 1. The lowest BCUT2D eigenvalue weighted by Crippen LogP contribution is -2.47. The number of nitrogens with zero attached hydrogens (tertiary/aromatic N) is 2. The van der Waals surface area contributed by atoms with Crippen molar-refractivity contribution in [2.24, 2.45) is 11.7 Å². The van der Waals surface area contributed by atoms with Crippen LogP contribution in [0.3, 0.4) is 0 Å². The van der Waals surface area contributed by atoms with Gasteiger partial charge in [-0.25, -0.2) is 9.97 Å². The van der Waals surface area contributed by atoms with Gasteiger partial charge in [-0.3, -0.25) is 0 Å². The normalized spacial score (nSPS) is 15.1. The summed E-state index contributed by atoms with van der Waals surface area (Å²) in [6.07, 6.45) is 1.56. The summed E-state index contributed by atoms with van der Waals surface area (Å²) in [7, 11) is 0. The van der Waals surface area contributed by atoms with E-state index in [1.165, 1.54) is 0 Å². The standard InChI is InChI=1S/C11H20N4/c1-8(2)11(4,6-12)15-10-5-9(3)13-7-14-10/h5,7-8H,6,12H2,1-4H3,(H,13,14,15). The molecule has 3 N–H and O–H groups in total. The molecular weight excluding hydrogens is 188 g/mol. The Morgan fingerprint density at radius 1 is 1.47 bits per heavy atom. The van der Waals surface area contributed by atoms with Crippen LogP contribution in [-0.2, 0) is 0 Å². The minimum absolute atomic E-state index is 0.124. The maximum absolute atomic E-state index is 5.79. The first-order chi connectivity index (χ1) is 6.98. The first-order valence-corrected chi connectivity index (χ1v) is 5.25. The zero-order chi connectivity index (χ0) is 11.5. The van der Waals surface area contributed by atoms with Crippen molar-refractivity contribution in [3.05, 3.63) is 18.1 Å². The van der Waals surface area contributed by atoms with Gasteiger partial charge in [0.05, 0.1) is 5.54 Å². The Labute approximate surface area is 91.3 Å². The summed E-state index contributed by atoms with van der Waals surface area (Å²) >= 11 is 0. The van der Waals surface area contributed by atoms with E-state index in [0.717, 1.165) is 11.5 Å². The van der Waals surface area contributed by atoms with Crippen molar-refractivity contribution in [3.63, 3.8) is 0 Å². The van der Waals surface area contributed by atoms with E-state index < -0.39 is 0 Å². The fourth-order valence-electron chi connectivity index (χ4n) is 1.25. The van der Waals surface area contributed by atoms with E-state index in [1.807, 2.05) is 13.0 Å². The summed E-state index contributed by atoms with van der Waals surface area (Å²) in [5.41, 5.74) is 6.62. The van der Waals surface area contributed by atoms with Crippen molar-refractivity contribution in [1.82, 2.24) is 9.97 Å². The van der Waals surface area contributed by atoms with Gasteiger partial charge in [0.1, 0.15) is 12.1 Å². The van der Waals surface area contributed by atoms with Gasteiger partial charge in [-0.2, -0.15) is 0 Å². The molecule has 1 unspecified atom stereocenters. The molecule has 1 atom stereocenters. The molecule has 15 heavy (non-hydrogen) atoms. The highest BCUT2D eigenvalue weighted by Gasteiger charge is 2.26. The van der Waals surface area contributed by atoms with Gasteiger partial charge in [0, 0.05) is 18.3 Å². The van der Waals surface area contributed by atoms with Crippen LogP contribution in [0.15, 0.2) is 12.4 Å². The number of hydrogen-bond donors (Lipinski definition) is 2. The zero-order valence-electron chi connectivity index (χ0n) is 9.91. The second-order valence-electron chi connectivity index (χ2n) is 4.45. The molecule has 0 aliphatic rings. The van der Waals surface area contributed by atoms with Crippen molar-refractivity contribution in [2.75, 3.05) is 11.9 Å². The van der Waals surface area contributed by atoms with Gasteiger partial charge in [-0.05, 0) is 19.8 Å². The molecule has 0 bridgehead atoms. The molecule has 1 aromatic rings. The van der Waals surface area contributed by atoms with Crippen LogP contribution < -0.4 is 11.1 Å². The van der Waals surface area contributed by atoms with Crippen LogP contribution in [0.5, 0.6) is 0 Å². The molecular formula is C11H20N4. The van der Waals surface area contributed by atoms with Gasteiger partial charge in [0.2, 0.25) is 0 Å². The molecule has 0 amide bonds. The minimum atomic E-state index is -0.124. The van der Waals surface area contributed by atoms with Gasteiger partial charge in [-0.15, -0.1) is 0 Å². The lowest BCUT2D eigenvalue weighted by atomic mass is 9.88. The maximum atomic E-state index is 5.79. The molecule has 84 valence electrons. The third kappa shape index (κ3) is 2.89. The van der Waals surface area contributed by atoms with Crippen molar-refractivity contribution in [3.8, 4) is 0 Å². The van der Waals surface area contributed by atoms with E-state index >= 15 is 0 Å². The van der Waals surface area contributed by atoms with Gasteiger partial charge >= 0.3 is 0 Å². The average Bonchev–Trinajstić information content (AvgIpc) is 2.17. The summed E-state index contributed by atoms with van der Waals surface area (Å²) in [5.74, 6) is 1.28. The lowest BCUT2D eigenvalue weighted by Gasteiger charge is -2.34. The van der Waals surface area contributed by atoms with Crippen LogP contribution in [0.4, 0.5) is 5.82 Å². The Bertz CT molecular complexity index is 324. The second kappa shape index (κ2) is 4.57. The van der Waals surface area contributed by atoms with Gasteiger partial charge in [0.15, 0.2) is 0 Å². The molecule has 0 radical (unpaired) electrons. The topological polar surface area (TPSA) is 63.8 Å². The van der Waals surface area contributed by atoms with Crippen molar-refractivity contribution in [1.29, 1.82) is 0 Å². The molecule has 1 heterocycles. The third-order valence-corrected chi connectivity index (χ3v) is 2.92. The maximum Gasteiger partial charge on any atom is 0.130 e. The third-order valence-electron chi connectivity index (χ3n) is 2.92. The number of hydrogen-bond acceptors (Lipinski definition) is 4. The molecule has 4 nitrogen and oxygen atoms in total. The number of aromatic nitrogens is 2. The molecule has 0 aliphatic carbocycles. The summed E-state index contributed by atoms with van der Waals surface area (Å²) in [5, 5.41) is 3.37. The highest BCUT2D eigenvalue weighted by atomic mass is 15.1. The van der Waals surface area contributed by atoms with E-state index in [0.29, 0.717) is 12.5 Å². The highest BCUT2D eigenvalue weighted by molar-refractivity contribution is 5.38. The number of aryl methyl sites for hydroxylation is 1. The largest absolute Gasteiger partial charge is 0.363 e. The average molecular weight is 208 g/mol.